The van der Waals surface area contributed by atoms with Crippen LogP contribution in [0.5, 0.6) is 0 Å². The molecule has 0 radical (unpaired) electrons. The molecule has 7 rings (SSSR count). The molecule has 2 aromatic carbocycles. The van der Waals surface area contributed by atoms with E-state index in [1.54, 1.807) is 40.0 Å². The van der Waals surface area contributed by atoms with Crippen molar-refractivity contribution in [3.63, 3.8) is 0 Å². The molecule has 1 atom stereocenters. The van der Waals surface area contributed by atoms with Crippen LogP contribution in [0.4, 0.5) is 13.2 Å². The Bertz CT molecular complexity index is 2230. The van der Waals surface area contributed by atoms with E-state index in [1.165, 1.54) is 17.0 Å². The number of H-pyrrole nitrogens is 1. The highest BCUT2D eigenvalue weighted by atomic mass is 79.9. The quantitative estimate of drug-likeness (QED) is 0.261. The van der Waals surface area contributed by atoms with Crippen LogP contribution in [0, 0.1) is 6.92 Å². The molecular weight excluding hydrogens is 679 g/mol. The number of carbonyl (C=O) groups excluding carboxylic acids is 1. The zero-order chi connectivity index (χ0) is 33.2. The number of aryl methyl sites for hydroxylation is 2. The van der Waals surface area contributed by atoms with E-state index in [0.717, 1.165) is 17.2 Å². The Labute approximate surface area is 273 Å². The van der Waals surface area contributed by atoms with Crippen LogP contribution in [0.3, 0.4) is 0 Å². The molecule has 1 aliphatic rings. The topological polar surface area (TPSA) is 119 Å². The first kappa shape index (κ1) is 30.6. The molecule has 11 nitrogen and oxygen atoms in total. The fourth-order valence-electron chi connectivity index (χ4n) is 6.17. The van der Waals surface area contributed by atoms with Gasteiger partial charge in [0.15, 0.2) is 5.82 Å². The number of halogens is 4. The molecule has 1 amide bonds. The second-order valence-corrected chi connectivity index (χ2v) is 12.4. The molecule has 5 heterocycles. The van der Waals surface area contributed by atoms with Crippen LogP contribution in [0.15, 0.2) is 70.1 Å². The summed E-state index contributed by atoms with van der Waals surface area (Å²) in [4.78, 5) is 29.7. The predicted octanol–water partition coefficient (Wildman–Crippen LogP) is 5.27. The summed E-state index contributed by atoms with van der Waals surface area (Å²) in [6.45, 7) is 3.56. The van der Waals surface area contributed by atoms with Gasteiger partial charge in [-0.2, -0.15) is 23.4 Å². The lowest BCUT2D eigenvalue weighted by Gasteiger charge is -2.35. The second kappa shape index (κ2) is 11.3. The van der Waals surface area contributed by atoms with E-state index in [0.29, 0.717) is 46.2 Å². The van der Waals surface area contributed by atoms with Gasteiger partial charge in [0, 0.05) is 46.7 Å². The summed E-state index contributed by atoms with van der Waals surface area (Å²) < 4.78 is 45.7. The van der Waals surface area contributed by atoms with Crippen molar-refractivity contribution < 1.29 is 18.0 Å². The summed E-state index contributed by atoms with van der Waals surface area (Å²) in [6.07, 6.45) is -2.33. The molecule has 0 fully saturated rings. The number of carbonyl (C=O) groups is 1. The smallest absolute Gasteiger partial charge is 0.330 e. The lowest BCUT2D eigenvalue weighted by Crippen LogP contribution is -2.46. The van der Waals surface area contributed by atoms with Gasteiger partial charge >= 0.3 is 6.18 Å². The van der Waals surface area contributed by atoms with Crippen LogP contribution in [0.2, 0.25) is 0 Å². The van der Waals surface area contributed by atoms with E-state index in [9.17, 15) is 22.8 Å². The Hall–Kier alpha value is -5.05. The number of amides is 1. The van der Waals surface area contributed by atoms with Gasteiger partial charge in [0.1, 0.15) is 11.3 Å². The minimum Gasteiger partial charge on any atom is -0.330 e. The molecule has 240 valence electrons. The van der Waals surface area contributed by atoms with Crippen LogP contribution < -0.4 is 5.56 Å². The van der Waals surface area contributed by atoms with Crippen LogP contribution in [-0.4, -0.2) is 56.2 Å². The Balaban J connectivity index is 1.38. The normalized spacial score (nSPS) is 15.0. The molecule has 0 saturated heterocycles. The largest absolute Gasteiger partial charge is 0.417 e. The highest BCUT2D eigenvalue weighted by Gasteiger charge is 2.37. The lowest BCUT2D eigenvalue weighted by molar-refractivity contribution is -0.138. The molecule has 1 N–H and O–H groups in total. The fourth-order valence-corrected chi connectivity index (χ4v) is 6.64. The molecule has 0 bridgehead atoms. The number of benzene rings is 2. The van der Waals surface area contributed by atoms with Crippen molar-refractivity contribution >= 4 is 27.5 Å². The maximum Gasteiger partial charge on any atom is 0.417 e. The maximum absolute atomic E-state index is 14.5. The number of aromatic amines is 1. The summed E-state index contributed by atoms with van der Waals surface area (Å²) in [5.41, 5.74) is 3.82. The third-order valence-corrected chi connectivity index (χ3v) is 9.23. The Morgan fingerprint density at radius 2 is 1.89 bits per heavy atom. The van der Waals surface area contributed by atoms with E-state index in [-0.39, 0.29) is 28.6 Å². The Morgan fingerprint density at radius 1 is 1.13 bits per heavy atom. The molecule has 47 heavy (non-hydrogen) atoms. The van der Waals surface area contributed by atoms with E-state index >= 15 is 0 Å². The van der Waals surface area contributed by atoms with Crippen molar-refractivity contribution in [2.45, 2.75) is 45.5 Å². The van der Waals surface area contributed by atoms with Gasteiger partial charge in [0.2, 0.25) is 0 Å². The van der Waals surface area contributed by atoms with E-state index < -0.39 is 23.7 Å². The van der Waals surface area contributed by atoms with Gasteiger partial charge in [0.05, 0.1) is 35.4 Å². The van der Waals surface area contributed by atoms with Crippen LogP contribution in [-0.2, 0) is 32.6 Å². The standard InChI is InChI=1S/C32H27BrF3N9O2/c1-17-11-22-26(16-43(17)30(46)20-9-10-24(33)23(13-20)32(34,35)36)45-29(21(15-37-45)12-19-7-5-4-6-8-19)44(31(22)47)27-14-25(42(3)40-27)28-18(2)38-41-39-28/h4-10,13-15,17H,11-12,16H2,1-3H3,(H,38,39,41)/t17-/m1/s1. The highest BCUT2D eigenvalue weighted by molar-refractivity contribution is 9.10. The average molecular weight is 707 g/mol. The van der Waals surface area contributed by atoms with Crippen molar-refractivity contribution in [2.24, 2.45) is 7.05 Å². The molecule has 4 aromatic heterocycles. The van der Waals surface area contributed by atoms with Gasteiger partial charge in [-0.05, 0) is 44.0 Å². The first-order valence-electron chi connectivity index (χ1n) is 14.7. The van der Waals surface area contributed by atoms with Crippen LogP contribution >= 0.6 is 15.9 Å². The summed E-state index contributed by atoms with van der Waals surface area (Å²) in [5.74, 6) is -0.210. The van der Waals surface area contributed by atoms with Gasteiger partial charge in [-0.3, -0.25) is 19.4 Å². The van der Waals surface area contributed by atoms with Crippen molar-refractivity contribution in [1.82, 2.24) is 44.3 Å². The number of aromatic nitrogens is 8. The summed E-state index contributed by atoms with van der Waals surface area (Å²) >= 11 is 2.94. The summed E-state index contributed by atoms with van der Waals surface area (Å²) in [6, 6.07) is 14.5. The van der Waals surface area contributed by atoms with Gasteiger partial charge in [0.25, 0.3) is 11.5 Å². The number of hydrogen-bond donors (Lipinski definition) is 1. The molecule has 0 saturated carbocycles. The zero-order valence-corrected chi connectivity index (χ0v) is 27.0. The first-order chi connectivity index (χ1) is 22.4. The average Bonchev–Trinajstić information content (AvgIpc) is 3.75. The number of rotatable bonds is 5. The van der Waals surface area contributed by atoms with Gasteiger partial charge in [-0.25, -0.2) is 9.08 Å². The maximum atomic E-state index is 14.5. The third kappa shape index (κ3) is 5.23. The molecule has 0 unspecified atom stereocenters. The molecule has 0 aliphatic carbocycles. The van der Waals surface area contributed by atoms with Crippen molar-refractivity contribution in [1.29, 1.82) is 0 Å². The van der Waals surface area contributed by atoms with Crippen molar-refractivity contribution in [2.75, 3.05) is 0 Å². The molecule has 15 heteroatoms. The molecule has 0 spiro atoms. The molecular formula is C32H27BrF3N9O2. The second-order valence-electron chi connectivity index (χ2n) is 11.6. The summed E-state index contributed by atoms with van der Waals surface area (Å²) in [7, 11) is 1.76. The number of nitrogens with zero attached hydrogens (tertiary/aromatic N) is 8. The summed E-state index contributed by atoms with van der Waals surface area (Å²) in [5, 5.41) is 20.2. The number of hydrogen-bond acceptors (Lipinski definition) is 6. The third-order valence-electron chi connectivity index (χ3n) is 8.54. The number of fused-ring (bicyclic) bond motifs is 3. The van der Waals surface area contributed by atoms with Gasteiger partial charge < -0.3 is 4.90 Å². The Kier molecular flexibility index (Phi) is 7.38. The Morgan fingerprint density at radius 3 is 2.60 bits per heavy atom. The molecule has 1 aliphatic heterocycles. The number of alkyl halides is 3. The van der Waals surface area contributed by atoms with Gasteiger partial charge in [-0.15, -0.1) is 5.10 Å². The van der Waals surface area contributed by atoms with Gasteiger partial charge in [-0.1, -0.05) is 51.5 Å². The van der Waals surface area contributed by atoms with Crippen molar-refractivity contribution in [3.8, 4) is 17.2 Å². The lowest BCUT2D eigenvalue weighted by atomic mass is 9.98. The minimum atomic E-state index is -4.64. The van der Waals surface area contributed by atoms with Crippen LogP contribution in [0.1, 0.15) is 50.9 Å². The SMILES string of the molecule is Cc1nn[nH]c1-c1cc(-n2c(=O)c3c(n4ncc(Cc5ccccc5)c24)CN(C(=O)c2ccc(Br)c(C(F)(F)F)c2)[C@H](C)C3)nn1C. The minimum absolute atomic E-state index is 0.0295. The monoisotopic (exact) mass is 705 g/mol. The zero-order valence-electron chi connectivity index (χ0n) is 25.4. The van der Waals surface area contributed by atoms with E-state index in [4.69, 9.17) is 10.2 Å². The fraction of sp³-hybridized carbons (Fsp3) is 0.250. The van der Waals surface area contributed by atoms with E-state index in [2.05, 4.69) is 31.3 Å². The predicted molar refractivity (Wildman–Crippen MR) is 169 cm³/mol. The first-order valence-corrected chi connectivity index (χ1v) is 15.5. The molecule has 6 aromatic rings. The van der Waals surface area contributed by atoms with E-state index in [1.807, 2.05) is 37.3 Å². The highest BCUT2D eigenvalue weighted by Crippen LogP contribution is 2.36. The number of nitrogens with one attached hydrogen (secondary N) is 1. The van der Waals surface area contributed by atoms with Crippen molar-refractivity contribution in [3.05, 3.63) is 115 Å². The van der Waals surface area contributed by atoms with Crippen LogP contribution in [0.25, 0.3) is 22.9 Å².